The molecule has 0 spiro atoms. The minimum Gasteiger partial charge on any atom is -0.313 e. The molecule has 3 rings (SSSR count). The van der Waals surface area contributed by atoms with Crippen molar-refractivity contribution in [3.05, 3.63) is 36.2 Å². The van der Waals surface area contributed by atoms with E-state index in [4.69, 9.17) is 0 Å². The van der Waals surface area contributed by atoms with E-state index < -0.39 is 15.2 Å². The predicted molar refractivity (Wildman–Crippen MR) is 87.5 cm³/mol. The van der Waals surface area contributed by atoms with Crippen molar-refractivity contribution in [2.45, 2.75) is 36.6 Å². The molecule has 2 aromatic rings. The molecule has 0 radical (unpaired) electrons. The van der Waals surface area contributed by atoms with Crippen LogP contribution >= 0.6 is 0 Å². The predicted octanol–water partition coefficient (Wildman–Crippen LogP) is 1.61. The molecule has 1 saturated heterocycles. The van der Waals surface area contributed by atoms with Gasteiger partial charge >= 0.3 is 0 Å². The van der Waals surface area contributed by atoms with Crippen molar-refractivity contribution < 1.29 is 8.42 Å². The van der Waals surface area contributed by atoms with E-state index in [9.17, 15) is 8.42 Å². The van der Waals surface area contributed by atoms with Crippen LogP contribution in [0, 0.1) is 6.92 Å². The summed E-state index contributed by atoms with van der Waals surface area (Å²) in [6.07, 6.45) is 3.99. The van der Waals surface area contributed by atoms with Gasteiger partial charge in [0.15, 0.2) is 9.84 Å². The Morgan fingerprint density at radius 1 is 1.23 bits per heavy atom. The van der Waals surface area contributed by atoms with E-state index >= 15 is 0 Å². The summed E-state index contributed by atoms with van der Waals surface area (Å²) in [4.78, 5) is 4.55. The maximum absolute atomic E-state index is 13.1. The van der Waals surface area contributed by atoms with E-state index in [1.807, 2.05) is 13.0 Å². The van der Waals surface area contributed by atoms with Crippen LogP contribution in [0.2, 0.25) is 0 Å². The molecule has 1 fully saturated rings. The highest BCUT2D eigenvalue weighted by Gasteiger charge is 2.30. The second-order valence-electron chi connectivity index (χ2n) is 5.90. The first kappa shape index (κ1) is 15.4. The third-order valence-corrected chi connectivity index (χ3v) is 6.27. The van der Waals surface area contributed by atoms with Crippen LogP contribution in [0.4, 0.5) is 0 Å². The van der Waals surface area contributed by atoms with Gasteiger partial charge in [-0.1, -0.05) is 12.1 Å². The molecule has 1 unspecified atom stereocenters. The van der Waals surface area contributed by atoms with E-state index in [1.54, 1.807) is 24.5 Å². The van der Waals surface area contributed by atoms with Crippen LogP contribution in [0.1, 0.15) is 18.9 Å². The number of aryl methyl sites for hydroxylation is 1. The van der Waals surface area contributed by atoms with Crippen LogP contribution in [0.3, 0.4) is 0 Å². The van der Waals surface area contributed by atoms with E-state index in [1.165, 1.54) is 0 Å². The highest BCUT2D eigenvalue weighted by molar-refractivity contribution is 7.92. The Morgan fingerprint density at radius 2 is 2.05 bits per heavy atom. The number of hydrogen-bond donors (Lipinski definition) is 2. The molecule has 2 N–H and O–H groups in total. The average molecular weight is 319 g/mol. The molecule has 1 aromatic heterocycles. The lowest BCUT2D eigenvalue weighted by molar-refractivity contribution is 0.542. The van der Waals surface area contributed by atoms with E-state index in [2.05, 4.69) is 22.5 Å². The Bertz CT molecular complexity index is 784. The molecule has 22 heavy (non-hydrogen) atoms. The number of hydrogen-bond acceptors (Lipinski definition) is 5. The number of sulfone groups is 1. The second kappa shape index (κ2) is 5.95. The fraction of sp³-hybridized carbons (Fsp3) is 0.438. The SMILES string of the molecule is Cc1cncc2cccc(S(=O)(=O)[C@@H]3CCNC(C)CN3)c12. The first-order valence-corrected chi connectivity index (χ1v) is 9.09. The Balaban J connectivity index is 2.09. The molecule has 118 valence electrons. The van der Waals surface area contributed by atoms with E-state index in [-0.39, 0.29) is 6.04 Å². The minimum atomic E-state index is -3.44. The smallest absolute Gasteiger partial charge is 0.194 e. The summed E-state index contributed by atoms with van der Waals surface area (Å²) >= 11 is 0. The lowest BCUT2D eigenvalue weighted by atomic mass is 10.1. The van der Waals surface area contributed by atoms with Crippen LogP contribution in [0.5, 0.6) is 0 Å². The maximum Gasteiger partial charge on any atom is 0.194 e. The zero-order valence-electron chi connectivity index (χ0n) is 12.8. The topological polar surface area (TPSA) is 71.1 Å². The highest BCUT2D eigenvalue weighted by Crippen LogP contribution is 2.28. The van der Waals surface area contributed by atoms with Crippen LogP contribution in [-0.2, 0) is 9.84 Å². The van der Waals surface area contributed by atoms with Gasteiger partial charge in [-0.25, -0.2) is 8.42 Å². The van der Waals surface area contributed by atoms with Crippen molar-refractivity contribution in [2.24, 2.45) is 0 Å². The van der Waals surface area contributed by atoms with Gasteiger partial charge in [0.1, 0.15) is 5.37 Å². The zero-order valence-corrected chi connectivity index (χ0v) is 13.7. The molecule has 0 saturated carbocycles. The summed E-state index contributed by atoms with van der Waals surface area (Å²) in [5.74, 6) is 0. The number of rotatable bonds is 2. The molecule has 1 aromatic carbocycles. The molecule has 1 aliphatic heterocycles. The summed E-state index contributed by atoms with van der Waals surface area (Å²) in [7, 11) is -3.44. The molecule has 0 aliphatic carbocycles. The zero-order chi connectivity index (χ0) is 15.7. The van der Waals surface area contributed by atoms with Gasteiger partial charge in [-0.3, -0.25) is 10.3 Å². The lowest BCUT2D eigenvalue weighted by Gasteiger charge is -2.18. The molecule has 2 atom stereocenters. The summed E-state index contributed by atoms with van der Waals surface area (Å²) in [6, 6.07) is 5.67. The molecule has 5 nitrogen and oxygen atoms in total. The molecule has 2 heterocycles. The Kier molecular flexibility index (Phi) is 4.16. The van der Waals surface area contributed by atoms with Gasteiger partial charge in [0.25, 0.3) is 0 Å². The largest absolute Gasteiger partial charge is 0.313 e. The summed E-state index contributed by atoms with van der Waals surface area (Å²) < 4.78 is 26.2. The summed E-state index contributed by atoms with van der Waals surface area (Å²) in [5, 5.41) is 7.59. The van der Waals surface area contributed by atoms with Crippen molar-refractivity contribution in [3.8, 4) is 0 Å². The Labute approximate surface area is 131 Å². The number of nitrogens with one attached hydrogen (secondary N) is 2. The van der Waals surface area contributed by atoms with Crippen LogP contribution < -0.4 is 10.6 Å². The van der Waals surface area contributed by atoms with Crippen molar-refractivity contribution in [2.75, 3.05) is 13.1 Å². The molecule has 1 aliphatic rings. The summed E-state index contributed by atoms with van der Waals surface area (Å²) in [5.41, 5.74) is 0.886. The van der Waals surface area contributed by atoms with Crippen molar-refractivity contribution in [3.63, 3.8) is 0 Å². The maximum atomic E-state index is 13.1. The van der Waals surface area contributed by atoms with Crippen LogP contribution in [-0.4, -0.2) is 37.9 Å². The van der Waals surface area contributed by atoms with E-state index in [0.717, 1.165) is 16.3 Å². The molecule has 6 heteroatoms. The van der Waals surface area contributed by atoms with Crippen molar-refractivity contribution >= 4 is 20.6 Å². The quantitative estimate of drug-likeness (QED) is 0.880. The van der Waals surface area contributed by atoms with Gasteiger partial charge in [-0.05, 0) is 38.4 Å². The Morgan fingerprint density at radius 3 is 2.86 bits per heavy atom. The number of fused-ring (bicyclic) bond motifs is 1. The third kappa shape index (κ3) is 2.74. The van der Waals surface area contributed by atoms with Gasteiger partial charge in [0.05, 0.1) is 4.90 Å². The number of pyridine rings is 1. The first-order chi connectivity index (χ1) is 10.5. The molecule has 0 bridgehead atoms. The van der Waals surface area contributed by atoms with Crippen molar-refractivity contribution in [1.29, 1.82) is 0 Å². The number of benzene rings is 1. The monoisotopic (exact) mass is 319 g/mol. The van der Waals surface area contributed by atoms with Crippen LogP contribution in [0.25, 0.3) is 10.8 Å². The first-order valence-electron chi connectivity index (χ1n) is 7.54. The molecule has 0 amide bonds. The lowest BCUT2D eigenvalue weighted by Crippen LogP contribution is -2.39. The fourth-order valence-corrected chi connectivity index (χ4v) is 4.85. The third-order valence-electron chi connectivity index (χ3n) is 4.17. The van der Waals surface area contributed by atoms with Gasteiger partial charge < -0.3 is 5.32 Å². The van der Waals surface area contributed by atoms with Gasteiger partial charge in [0.2, 0.25) is 0 Å². The minimum absolute atomic E-state index is 0.277. The van der Waals surface area contributed by atoms with Gasteiger partial charge in [-0.15, -0.1) is 0 Å². The standard InChI is InChI=1S/C16H21N3O2S/c1-11-8-17-10-13-4-3-5-14(16(11)13)22(20,21)15-6-7-18-12(2)9-19-15/h3-5,8,10,12,15,18-19H,6-7,9H2,1-2H3/t12?,15-/m1/s1. The van der Waals surface area contributed by atoms with Crippen molar-refractivity contribution in [1.82, 2.24) is 15.6 Å². The molecular weight excluding hydrogens is 298 g/mol. The number of aromatic nitrogens is 1. The Hall–Kier alpha value is -1.50. The second-order valence-corrected chi connectivity index (χ2v) is 8.00. The van der Waals surface area contributed by atoms with Gasteiger partial charge in [0, 0.05) is 35.8 Å². The fourth-order valence-electron chi connectivity index (χ4n) is 2.97. The average Bonchev–Trinajstić information content (AvgIpc) is 2.72. The normalized spacial score (nSPS) is 23.4. The van der Waals surface area contributed by atoms with Gasteiger partial charge in [-0.2, -0.15) is 0 Å². The number of nitrogens with zero attached hydrogens (tertiary/aromatic N) is 1. The highest BCUT2D eigenvalue weighted by atomic mass is 32.2. The van der Waals surface area contributed by atoms with E-state index in [0.29, 0.717) is 24.4 Å². The molecular formula is C16H21N3O2S. The summed E-state index contributed by atoms with van der Waals surface area (Å²) in [6.45, 7) is 5.30. The van der Waals surface area contributed by atoms with Crippen LogP contribution in [0.15, 0.2) is 35.5 Å².